The van der Waals surface area contributed by atoms with Crippen molar-refractivity contribution in [2.24, 2.45) is 0 Å². The van der Waals surface area contributed by atoms with Crippen molar-refractivity contribution >= 4 is 11.6 Å². The van der Waals surface area contributed by atoms with E-state index >= 15 is 0 Å². The molecule has 0 aliphatic carbocycles. The van der Waals surface area contributed by atoms with Crippen molar-refractivity contribution in [1.29, 1.82) is 0 Å². The van der Waals surface area contributed by atoms with Gasteiger partial charge < -0.3 is 10.1 Å². The molecule has 0 radical (unpaired) electrons. The predicted octanol–water partition coefficient (Wildman–Crippen LogP) is 2.96. The SMILES string of the molecule is COC[C@@H](c1ccccn1)N(C)CC(=O)Nc1ccc(C)c(C)c1. The van der Waals surface area contributed by atoms with Crippen LogP contribution in [0.25, 0.3) is 0 Å². The molecule has 0 aliphatic heterocycles. The van der Waals surface area contributed by atoms with Crippen LogP contribution in [0.3, 0.4) is 0 Å². The minimum atomic E-state index is -0.0679. The molecule has 1 atom stereocenters. The maximum absolute atomic E-state index is 12.3. The summed E-state index contributed by atoms with van der Waals surface area (Å²) in [5, 5.41) is 2.95. The summed E-state index contributed by atoms with van der Waals surface area (Å²) >= 11 is 0. The van der Waals surface area contributed by atoms with Gasteiger partial charge in [-0.25, -0.2) is 0 Å². The van der Waals surface area contributed by atoms with E-state index in [0.29, 0.717) is 6.61 Å². The molecule has 5 nitrogen and oxygen atoms in total. The van der Waals surface area contributed by atoms with Gasteiger partial charge >= 0.3 is 0 Å². The van der Waals surface area contributed by atoms with E-state index in [9.17, 15) is 4.79 Å². The number of ether oxygens (including phenoxy) is 1. The third kappa shape index (κ3) is 4.88. The first kappa shape index (κ1) is 18.1. The average Bonchev–Trinajstić information content (AvgIpc) is 2.56. The summed E-state index contributed by atoms with van der Waals surface area (Å²) in [7, 11) is 3.55. The highest BCUT2D eigenvalue weighted by Gasteiger charge is 2.20. The molecule has 5 heteroatoms. The Balaban J connectivity index is 2.01. The number of benzene rings is 1. The molecule has 128 valence electrons. The summed E-state index contributed by atoms with van der Waals surface area (Å²) in [6.07, 6.45) is 1.75. The number of methoxy groups -OCH3 is 1. The van der Waals surface area contributed by atoms with Crippen LogP contribution in [-0.4, -0.2) is 43.1 Å². The third-order valence-corrected chi connectivity index (χ3v) is 4.07. The molecule has 0 saturated heterocycles. The van der Waals surface area contributed by atoms with E-state index < -0.39 is 0 Å². The summed E-state index contributed by atoms with van der Waals surface area (Å²) in [6, 6.07) is 11.6. The van der Waals surface area contributed by atoms with Crippen LogP contribution in [0.2, 0.25) is 0 Å². The van der Waals surface area contributed by atoms with Gasteiger partial charge in [0.15, 0.2) is 0 Å². The average molecular weight is 327 g/mol. The molecule has 2 rings (SSSR count). The predicted molar refractivity (Wildman–Crippen MR) is 96.0 cm³/mol. The fourth-order valence-electron chi connectivity index (χ4n) is 2.53. The number of aryl methyl sites for hydroxylation is 2. The highest BCUT2D eigenvalue weighted by atomic mass is 16.5. The number of nitrogens with zero attached hydrogens (tertiary/aromatic N) is 2. The molecule has 0 bridgehead atoms. The van der Waals surface area contributed by atoms with Crippen LogP contribution in [0.5, 0.6) is 0 Å². The molecule has 0 spiro atoms. The Morgan fingerprint density at radius 1 is 1.25 bits per heavy atom. The first-order chi connectivity index (χ1) is 11.5. The Labute approximate surface area is 143 Å². The van der Waals surface area contributed by atoms with E-state index in [1.54, 1.807) is 13.3 Å². The largest absolute Gasteiger partial charge is 0.383 e. The minimum Gasteiger partial charge on any atom is -0.383 e. The Morgan fingerprint density at radius 2 is 2.04 bits per heavy atom. The number of hydrogen-bond acceptors (Lipinski definition) is 4. The second-order valence-electron chi connectivity index (χ2n) is 5.99. The summed E-state index contributed by atoms with van der Waals surface area (Å²) in [5.74, 6) is -0.0576. The van der Waals surface area contributed by atoms with Crippen LogP contribution in [0.4, 0.5) is 5.69 Å². The number of hydrogen-bond donors (Lipinski definition) is 1. The molecule has 1 aromatic carbocycles. The molecular formula is C19H25N3O2. The van der Waals surface area contributed by atoms with Crippen molar-refractivity contribution in [3.8, 4) is 0 Å². The van der Waals surface area contributed by atoms with Crippen LogP contribution in [-0.2, 0) is 9.53 Å². The van der Waals surface area contributed by atoms with Gasteiger partial charge in [-0.15, -0.1) is 0 Å². The van der Waals surface area contributed by atoms with E-state index in [0.717, 1.165) is 16.9 Å². The first-order valence-electron chi connectivity index (χ1n) is 7.98. The van der Waals surface area contributed by atoms with Gasteiger partial charge in [0.1, 0.15) is 0 Å². The number of carbonyl (C=O) groups is 1. The van der Waals surface area contributed by atoms with Crippen molar-refractivity contribution in [3.63, 3.8) is 0 Å². The zero-order valence-electron chi connectivity index (χ0n) is 14.7. The topological polar surface area (TPSA) is 54.5 Å². The van der Waals surface area contributed by atoms with Gasteiger partial charge in [-0.2, -0.15) is 0 Å². The Morgan fingerprint density at radius 3 is 2.67 bits per heavy atom. The van der Waals surface area contributed by atoms with Crippen LogP contribution >= 0.6 is 0 Å². The number of carbonyl (C=O) groups excluding carboxylic acids is 1. The molecule has 2 aromatic rings. The van der Waals surface area contributed by atoms with Gasteiger partial charge in [-0.1, -0.05) is 12.1 Å². The number of amides is 1. The Bertz CT molecular complexity index is 674. The second-order valence-corrected chi connectivity index (χ2v) is 5.99. The third-order valence-electron chi connectivity index (χ3n) is 4.07. The normalized spacial score (nSPS) is 12.2. The van der Waals surface area contributed by atoms with Crippen molar-refractivity contribution < 1.29 is 9.53 Å². The van der Waals surface area contributed by atoms with E-state index in [1.807, 2.05) is 55.3 Å². The number of anilines is 1. The van der Waals surface area contributed by atoms with Gasteiger partial charge in [0.2, 0.25) is 5.91 Å². The van der Waals surface area contributed by atoms with E-state index in [4.69, 9.17) is 4.74 Å². The van der Waals surface area contributed by atoms with E-state index in [2.05, 4.69) is 17.2 Å². The van der Waals surface area contributed by atoms with Gasteiger partial charge in [0.05, 0.1) is 24.9 Å². The fourth-order valence-corrected chi connectivity index (χ4v) is 2.53. The molecule has 0 saturated carbocycles. The maximum Gasteiger partial charge on any atom is 0.238 e. The monoisotopic (exact) mass is 327 g/mol. The van der Waals surface area contributed by atoms with Gasteiger partial charge in [0.25, 0.3) is 0 Å². The molecule has 1 heterocycles. The summed E-state index contributed by atoms with van der Waals surface area (Å²) < 4.78 is 5.29. The van der Waals surface area contributed by atoms with E-state index in [1.165, 1.54) is 5.56 Å². The highest BCUT2D eigenvalue weighted by molar-refractivity contribution is 5.92. The summed E-state index contributed by atoms with van der Waals surface area (Å²) in [6.45, 7) is 4.83. The van der Waals surface area contributed by atoms with Crippen molar-refractivity contribution in [2.75, 3.05) is 32.6 Å². The lowest BCUT2D eigenvalue weighted by Crippen LogP contribution is -2.35. The molecule has 24 heavy (non-hydrogen) atoms. The maximum atomic E-state index is 12.3. The molecule has 0 fully saturated rings. The molecule has 0 aliphatic rings. The van der Waals surface area contributed by atoms with Crippen LogP contribution in [0.15, 0.2) is 42.6 Å². The van der Waals surface area contributed by atoms with Gasteiger partial charge in [-0.05, 0) is 56.3 Å². The van der Waals surface area contributed by atoms with Crippen LogP contribution < -0.4 is 5.32 Å². The van der Waals surface area contributed by atoms with E-state index in [-0.39, 0.29) is 18.5 Å². The lowest BCUT2D eigenvalue weighted by atomic mass is 10.1. The smallest absolute Gasteiger partial charge is 0.238 e. The number of rotatable bonds is 7. The lowest BCUT2D eigenvalue weighted by Gasteiger charge is -2.26. The van der Waals surface area contributed by atoms with Crippen molar-refractivity contribution in [2.45, 2.75) is 19.9 Å². The quantitative estimate of drug-likeness (QED) is 0.849. The zero-order chi connectivity index (χ0) is 17.5. The molecule has 1 amide bonds. The lowest BCUT2D eigenvalue weighted by molar-refractivity contribution is -0.117. The second kappa shape index (κ2) is 8.57. The molecule has 1 aromatic heterocycles. The highest BCUT2D eigenvalue weighted by Crippen LogP contribution is 2.18. The number of likely N-dealkylation sites (N-methyl/N-ethyl adjacent to an activating group) is 1. The first-order valence-corrected chi connectivity index (χ1v) is 7.98. The van der Waals surface area contributed by atoms with Gasteiger partial charge in [0, 0.05) is 19.0 Å². The summed E-state index contributed by atoms with van der Waals surface area (Å²) in [5.41, 5.74) is 4.07. The van der Waals surface area contributed by atoms with Crippen molar-refractivity contribution in [3.05, 3.63) is 59.4 Å². The standard InChI is InChI=1S/C19H25N3O2/c1-14-8-9-16(11-15(14)2)21-19(23)12-22(3)18(13-24-4)17-7-5-6-10-20-17/h5-11,18H,12-13H2,1-4H3,(H,21,23)/t18-/m0/s1. The summed E-state index contributed by atoms with van der Waals surface area (Å²) in [4.78, 5) is 18.7. The van der Waals surface area contributed by atoms with Gasteiger partial charge in [-0.3, -0.25) is 14.7 Å². The zero-order valence-corrected chi connectivity index (χ0v) is 14.7. The fraction of sp³-hybridized carbons (Fsp3) is 0.368. The number of aromatic nitrogens is 1. The van der Waals surface area contributed by atoms with Crippen LogP contribution in [0.1, 0.15) is 22.9 Å². The Kier molecular flexibility index (Phi) is 6.46. The number of pyridine rings is 1. The molecular weight excluding hydrogens is 302 g/mol. The van der Waals surface area contributed by atoms with Crippen molar-refractivity contribution in [1.82, 2.24) is 9.88 Å². The molecule has 1 N–H and O–H groups in total. The number of nitrogens with one attached hydrogen (secondary N) is 1. The molecule has 0 unspecified atom stereocenters. The van der Waals surface area contributed by atoms with Crippen LogP contribution in [0, 0.1) is 13.8 Å². The Hall–Kier alpha value is -2.24. The minimum absolute atomic E-state index is 0.0576.